The Labute approximate surface area is 128 Å². The Morgan fingerprint density at radius 1 is 1.19 bits per heavy atom. The normalized spacial score (nSPS) is 12.4. The van der Waals surface area contributed by atoms with E-state index in [-0.39, 0.29) is 18.0 Å². The van der Waals surface area contributed by atoms with E-state index in [0.717, 1.165) is 5.56 Å². The molecule has 2 rings (SSSR count). The van der Waals surface area contributed by atoms with Crippen LogP contribution >= 0.6 is 11.6 Å². The Morgan fingerprint density at radius 2 is 1.90 bits per heavy atom. The molecule has 1 unspecified atom stereocenters. The average Bonchev–Trinajstić information content (AvgIpc) is 2.45. The zero-order chi connectivity index (χ0) is 15.2. The van der Waals surface area contributed by atoms with Crippen molar-refractivity contribution in [3.05, 3.63) is 64.4 Å². The first-order chi connectivity index (χ1) is 10.1. The first kappa shape index (κ1) is 15.9. The number of hydrogen-bond donors (Lipinski definition) is 1. The highest BCUT2D eigenvalue weighted by molar-refractivity contribution is 6.31. The van der Waals surface area contributed by atoms with E-state index >= 15 is 0 Å². The molecular weight excluding hydrogens is 294 g/mol. The van der Waals surface area contributed by atoms with Crippen LogP contribution in [0, 0.1) is 11.6 Å². The van der Waals surface area contributed by atoms with Gasteiger partial charge >= 0.3 is 0 Å². The third kappa shape index (κ3) is 4.22. The van der Waals surface area contributed by atoms with Crippen LogP contribution in [0.15, 0.2) is 36.7 Å². The van der Waals surface area contributed by atoms with Gasteiger partial charge < -0.3 is 5.32 Å². The van der Waals surface area contributed by atoms with Crippen molar-refractivity contribution in [2.75, 3.05) is 6.54 Å². The second-order valence-corrected chi connectivity index (χ2v) is 5.24. The molecule has 21 heavy (non-hydrogen) atoms. The first-order valence-corrected chi connectivity index (χ1v) is 7.24. The van der Waals surface area contributed by atoms with E-state index in [9.17, 15) is 8.78 Å². The lowest BCUT2D eigenvalue weighted by molar-refractivity contribution is 0.484. The zero-order valence-corrected chi connectivity index (χ0v) is 12.5. The van der Waals surface area contributed by atoms with Gasteiger partial charge in [0.15, 0.2) is 0 Å². The van der Waals surface area contributed by atoms with Crippen LogP contribution in [0.1, 0.15) is 18.1 Å². The molecule has 0 aliphatic rings. The average molecular weight is 311 g/mol. The minimum absolute atomic E-state index is 0.0960. The number of likely N-dealkylation sites (N-methyl/N-ethyl adjacent to an activating group) is 1. The van der Waals surface area contributed by atoms with Gasteiger partial charge in [-0.2, -0.15) is 0 Å². The predicted octanol–water partition coefficient (Wildman–Crippen LogP) is 3.78. The number of nitrogens with one attached hydrogen (secondary N) is 1. The second-order valence-electron chi connectivity index (χ2n) is 4.83. The Hall–Kier alpha value is -1.52. The molecular formula is C16H17ClF2N2. The maximum absolute atomic E-state index is 13.8. The smallest absolute Gasteiger partial charge is 0.129 e. The van der Waals surface area contributed by atoms with Crippen LogP contribution in [0.25, 0.3) is 0 Å². The van der Waals surface area contributed by atoms with Gasteiger partial charge in [0, 0.05) is 24.0 Å². The van der Waals surface area contributed by atoms with Crippen molar-refractivity contribution in [2.45, 2.75) is 25.8 Å². The van der Waals surface area contributed by atoms with Crippen LogP contribution in [0.2, 0.25) is 5.02 Å². The van der Waals surface area contributed by atoms with Crippen LogP contribution in [-0.4, -0.2) is 17.6 Å². The Morgan fingerprint density at radius 3 is 2.52 bits per heavy atom. The minimum atomic E-state index is -0.515. The minimum Gasteiger partial charge on any atom is -0.314 e. The topological polar surface area (TPSA) is 24.9 Å². The van der Waals surface area contributed by atoms with Gasteiger partial charge in [0.1, 0.15) is 11.6 Å². The van der Waals surface area contributed by atoms with Crippen LogP contribution in [0.3, 0.4) is 0 Å². The van der Waals surface area contributed by atoms with Gasteiger partial charge in [-0.05, 0) is 43.1 Å². The summed E-state index contributed by atoms with van der Waals surface area (Å²) in [5.41, 5.74) is 1.02. The molecule has 0 aliphatic heterocycles. The summed E-state index contributed by atoms with van der Waals surface area (Å²) in [6.45, 7) is 2.67. The summed E-state index contributed by atoms with van der Waals surface area (Å²) < 4.78 is 27.5. The highest BCUT2D eigenvalue weighted by atomic mass is 35.5. The lowest BCUT2D eigenvalue weighted by atomic mass is 9.98. The molecule has 0 spiro atoms. The van der Waals surface area contributed by atoms with E-state index in [2.05, 4.69) is 10.3 Å². The lowest BCUT2D eigenvalue weighted by Gasteiger charge is -2.19. The molecule has 0 amide bonds. The standard InChI is InChI=1S/C16H17ClF2N2/c1-2-21-12(8-11-6-7-20-10-14(11)17)9-13-15(18)4-3-5-16(13)19/h3-7,10,12,21H,2,8-9H2,1H3. The van der Waals surface area contributed by atoms with E-state index in [4.69, 9.17) is 11.6 Å². The fourth-order valence-electron chi connectivity index (χ4n) is 2.31. The van der Waals surface area contributed by atoms with Crippen LogP contribution in [0.4, 0.5) is 8.78 Å². The van der Waals surface area contributed by atoms with Crippen molar-refractivity contribution < 1.29 is 8.78 Å². The molecule has 1 heterocycles. The summed E-state index contributed by atoms with van der Waals surface area (Å²) in [4.78, 5) is 3.94. The van der Waals surface area contributed by atoms with Crippen molar-refractivity contribution in [1.29, 1.82) is 0 Å². The molecule has 0 saturated heterocycles. The number of rotatable bonds is 6. The van der Waals surface area contributed by atoms with Gasteiger partial charge in [-0.1, -0.05) is 24.6 Å². The predicted molar refractivity (Wildman–Crippen MR) is 80.5 cm³/mol. The maximum atomic E-state index is 13.8. The summed E-state index contributed by atoms with van der Waals surface area (Å²) in [5, 5.41) is 3.81. The lowest BCUT2D eigenvalue weighted by Crippen LogP contribution is -2.33. The van der Waals surface area contributed by atoms with Crippen LogP contribution in [-0.2, 0) is 12.8 Å². The van der Waals surface area contributed by atoms with E-state index in [1.807, 2.05) is 13.0 Å². The Balaban J connectivity index is 2.18. The SMILES string of the molecule is CCNC(Cc1ccncc1Cl)Cc1c(F)cccc1F. The van der Waals surface area contributed by atoms with Crippen molar-refractivity contribution in [2.24, 2.45) is 0 Å². The largest absolute Gasteiger partial charge is 0.314 e. The van der Waals surface area contributed by atoms with Crippen molar-refractivity contribution in [3.63, 3.8) is 0 Å². The molecule has 1 aromatic carbocycles. The quantitative estimate of drug-likeness (QED) is 0.878. The summed E-state index contributed by atoms with van der Waals surface area (Å²) in [5.74, 6) is -1.03. The number of halogens is 3. The number of pyridine rings is 1. The highest BCUT2D eigenvalue weighted by Gasteiger charge is 2.16. The zero-order valence-electron chi connectivity index (χ0n) is 11.7. The van der Waals surface area contributed by atoms with Gasteiger partial charge in [0.2, 0.25) is 0 Å². The van der Waals surface area contributed by atoms with Crippen LogP contribution < -0.4 is 5.32 Å². The third-order valence-electron chi connectivity index (χ3n) is 3.33. The van der Waals surface area contributed by atoms with Gasteiger partial charge in [-0.3, -0.25) is 4.98 Å². The number of hydrogen-bond acceptors (Lipinski definition) is 2. The summed E-state index contributed by atoms with van der Waals surface area (Å²) in [6, 6.07) is 5.66. The van der Waals surface area contributed by atoms with Gasteiger partial charge in [0.25, 0.3) is 0 Å². The Kier molecular flexibility index (Phi) is 5.65. The molecule has 0 saturated carbocycles. The van der Waals surface area contributed by atoms with Gasteiger partial charge in [-0.15, -0.1) is 0 Å². The second kappa shape index (κ2) is 7.48. The van der Waals surface area contributed by atoms with Crippen LogP contribution in [0.5, 0.6) is 0 Å². The summed E-state index contributed by atoms with van der Waals surface area (Å²) in [7, 11) is 0. The molecule has 1 N–H and O–H groups in total. The molecule has 0 fully saturated rings. The van der Waals surface area contributed by atoms with Gasteiger partial charge in [0.05, 0.1) is 5.02 Å². The fraction of sp³-hybridized carbons (Fsp3) is 0.312. The number of nitrogens with zero attached hydrogens (tertiary/aromatic N) is 1. The summed E-state index contributed by atoms with van der Waals surface area (Å²) >= 11 is 6.10. The van der Waals surface area contributed by atoms with E-state index in [0.29, 0.717) is 18.0 Å². The Bertz CT molecular complexity index is 584. The fourth-order valence-corrected chi connectivity index (χ4v) is 2.51. The maximum Gasteiger partial charge on any atom is 0.129 e. The van der Waals surface area contributed by atoms with Crippen molar-refractivity contribution in [1.82, 2.24) is 10.3 Å². The first-order valence-electron chi connectivity index (χ1n) is 6.86. The monoisotopic (exact) mass is 310 g/mol. The van der Waals surface area contributed by atoms with Gasteiger partial charge in [-0.25, -0.2) is 8.78 Å². The molecule has 2 nitrogen and oxygen atoms in total. The molecule has 0 radical (unpaired) electrons. The number of aromatic nitrogens is 1. The van der Waals surface area contributed by atoms with E-state index < -0.39 is 11.6 Å². The third-order valence-corrected chi connectivity index (χ3v) is 3.67. The summed E-state index contributed by atoms with van der Waals surface area (Å²) in [6.07, 6.45) is 4.09. The van der Waals surface area contributed by atoms with E-state index in [1.54, 1.807) is 12.4 Å². The molecule has 0 aliphatic carbocycles. The molecule has 1 atom stereocenters. The molecule has 1 aromatic heterocycles. The molecule has 0 bridgehead atoms. The highest BCUT2D eigenvalue weighted by Crippen LogP contribution is 2.19. The van der Waals surface area contributed by atoms with E-state index in [1.165, 1.54) is 18.2 Å². The molecule has 112 valence electrons. The number of benzene rings is 1. The van der Waals surface area contributed by atoms with Crippen molar-refractivity contribution >= 4 is 11.6 Å². The molecule has 5 heteroatoms. The van der Waals surface area contributed by atoms with Crippen molar-refractivity contribution in [3.8, 4) is 0 Å². The molecule has 2 aromatic rings.